The maximum Gasteiger partial charge on any atom is 0.430 e. The van der Waals surface area contributed by atoms with Gasteiger partial charge in [0.05, 0.1) is 31.4 Å². The Morgan fingerprint density at radius 2 is 1.73 bits per heavy atom. The van der Waals surface area contributed by atoms with Crippen LogP contribution >= 0.6 is 11.6 Å². The molecule has 0 aromatic heterocycles. The number of nitrogens with one attached hydrogen (secondary N) is 1. The van der Waals surface area contributed by atoms with E-state index in [9.17, 15) is 33.0 Å². The molecule has 1 heterocycles. The molecule has 1 amide bonds. The van der Waals surface area contributed by atoms with E-state index in [4.69, 9.17) is 25.8 Å². The fourth-order valence-corrected chi connectivity index (χ4v) is 6.52. The number of benzene rings is 2. The van der Waals surface area contributed by atoms with E-state index in [1.807, 2.05) is 0 Å². The number of nitrogens with zero attached hydrogens (tertiary/aromatic N) is 1. The minimum atomic E-state index is -5.33. The lowest BCUT2D eigenvalue weighted by Gasteiger charge is -2.47. The maximum atomic E-state index is 14.5. The van der Waals surface area contributed by atoms with Gasteiger partial charge in [-0.25, -0.2) is 4.79 Å². The number of carbonyl (C=O) groups is 2. The van der Waals surface area contributed by atoms with Crippen molar-refractivity contribution in [1.29, 1.82) is 0 Å². The van der Waals surface area contributed by atoms with E-state index in [1.54, 1.807) is 18.2 Å². The van der Waals surface area contributed by atoms with Gasteiger partial charge in [0, 0.05) is 37.5 Å². The van der Waals surface area contributed by atoms with Crippen LogP contribution in [0.4, 0.5) is 18.9 Å². The normalized spacial score (nSPS) is 19.2. The van der Waals surface area contributed by atoms with Crippen LogP contribution in [0, 0.1) is 5.41 Å². The smallest absolute Gasteiger partial charge is 0.430 e. The first-order chi connectivity index (χ1) is 20.8. The first-order valence-corrected chi connectivity index (χ1v) is 14.7. The summed E-state index contributed by atoms with van der Waals surface area (Å²) >= 11 is 6.24. The molecule has 1 saturated carbocycles. The largest absolute Gasteiger partial charge is 0.497 e. The zero-order valence-corrected chi connectivity index (χ0v) is 25.6. The molecule has 0 radical (unpaired) electrons. The van der Waals surface area contributed by atoms with Crippen LogP contribution in [-0.4, -0.2) is 80.2 Å². The van der Waals surface area contributed by atoms with Crippen molar-refractivity contribution in [1.82, 2.24) is 4.90 Å². The monoisotopic (exact) mass is 642 g/mol. The average molecular weight is 643 g/mol. The maximum absolute atomic E-state index is 14.5. The molecule has 242 valence electrons. The van der Waals surface area contributed by atoms with Crippen molar-refractivity contribution in [2.75, 3.05) is 46.3 Å². The van der Waals surface area contributed by atoms with E-state index in [2.05, 4.69) is 5.32 Å². The zero-order valence-electron chi connectivity index (χ0n) is 24.9. The van der Waals surface area contributed by atoms with E-state index in [-0.39, 0.29) is 46.4 Å². The number of hydrogen-bond acceptors (Lipinski definition) is 8. The van der Waals surface area contributed by atoms with Gasteiger partial charge < -0.3 is 34.6 Å². The average Bonchev–Trinajstić information content (AvgIpc) is 3.01. The van der Waals surface area contributed by atoms with Gasteiger partial charge in [-0.1, -0.05) is 11.6 Å². The number of alkyl halides is 3. The Balaban J connectivity index is 1.44. The van der Waals surface area contributed by atoms with Crippen molar-refractivity contribution in [3.8, 4) is 5.75 Å². The number of ether oxygens (including phenoxy) is 3. The molecule has 2 aromatic carbocycles. The van der Waals surface area contributed by atoms with Crippen molar-refractivity contribution in [3.05, 3.63) is 58.1 Å². The highest BCUT2D eigenvalue weighted by Crippen LogP contribution is 2.48. The quantitative estimate of drug-likeness (QED) is 0.319. The molecule has 1 saturated heterocycles. The molecule has 2 unspecified atom stereocenters. The molecule has 3 N–H and O–H groups in total. The number of rotatable bonds is 9. The standard InChI is InChI=1S/C31H38ClF3N2O7/c1-42-23-15-19(26(18-38)43-2)14-20(16-23)30(41,31(33,34)35)28(40)37-12-10-29(11-13-37)8-6-21(7-9-29)36-22-4-5-24(25(32)17-22)27(39)44-3/h4-5,14-17,21,26,36,38,41H,6-13,18H2,1-3H3. The molecule has 4 rings (SSSR count). The Morgan fingerprint density at radius 1 is 1.07 bits per heavy atom. The molecule has 2 atom stereocenters. The summed E-state index contributed by atoms with van der Waals surface area (Å²) in [5.41, 5.74) is -3.46. The molecule has 44 heavy (non-hydrogen) atoms. The van der Waals surface area contributed by atoms with Crippen LogP contribution in [-0.2, 0) is 19.9 Å². The minimum absolute atomic E-state index is 0.0203. The van der Waals surface area contributed by atoms with Gasteiger partial charge in [-0.2, -0.15) is 13.2 Å². The lowest BCUT2D eigenvalue weighted by atomic mass is 9.66. The highest BCUT2D eigenvalue weighted by atomic mass is 35.5. The summed E-state index contributed by atoms with van der Waals surface area (Å²) in [4.78, 5) is 26.4. The summed E-state index contributed by atoms with van der Waals surface area (Å²) in [5, 5.41) is 24.5. The number of carbonyl (C=O) groups excluding carboxylic acids is 2. The third-order valence-corrected chi connectivity index (χ3v) is 9.34. The number of piperidine rings is 1. The van der Waals surface area contributed by atoms with Crippen molar-refractivity contribution < 1.29 is 47.2 Å². The molecule has 2 fully saturated rings. The number of methoxy groups -OCH3 is 3. The SMILES string of the molecule is COC(=O)c1ccc(NC2CCC3(CC2)CCN(C(=O)C(O)(c2cc(OC)cc(C(CO)OC)c2)C(F)(F)F)CC3)cc1Cl. The van der Waals surface area contributed by atoms with Crippen molar-refractivity contribution >= 4 is 29.2 Å². The number of likely N-dealkylation sites (tertiary alicyclic amines) is 1. The predicted molar refractivity (Wildman–Crippen MR) is 157 cm³/mol. The highest BCUT2D eigenvalue weighted by Gasteiger charge is 2.62. The first-order valence-electron chi connectivity index (χ1n) is 14.4. The molecular weight excluding hydrogens is 605 g/mol. The van der Waals surface area contributed by atoms with Gasteiger partial charge in [-0.15, -0.1) is 0 Å². The lowest BCUT2D eigenvalue weighted by Crippen LogP contribution is -2.58. The third kappa shape index (κ3) is 6.78. The van der Waals surface area contributed by atoms with Crippen LogP contribution in [0.15, 0.2) is 36.4 Å². The molecule has 13 heteroatoms. The van der Waals surface area contributed by atoms with Crippen molar-refractivity contribution in [2.45, 2.75) is 62.4 Å². The number of aliphatic hydroxyl groups excluding tert-OH is 1. The van der Waals surface area contributed by atoms with Crippen LogP contribution in [0.2, 0.25) is 5.02 Å². The highest BCUT2D eigenvalue weighted by molar-refractivity contribution is 6.33. The van der Waals surface area contributed by atoms with Crippen molar-refractivity contribution in [2.24, 2.45) is 5.41 Å². The summed E-state index contributed by atoms with van der Waals surface area (Å²) in [5.74, 6) is -1.98. The summed E-state index contributed by atoms with van der Waals surface area (Å²) in [7, 11) is 3.82. The van der Waals surface area contributed by atoms with E-state index < -0.39 is 41.9 Å². The predicted octanol–water partition coefficient (Wildman–Crippen LogP) is 5.23. The Bertz CT molecular complexity index is 1340. The molecule has 1 aliphatic carbocycles. The Morgan fingerprint density at radius 3 is 2.25 bits per heavy atom. The number of aliphatic hydroxyl groups is 2. The molecule has 0 bridgehead atoms. The van der Waals surface area contributed by atoms with Crippen molar-refractivity contribution in [3.63, 3.8) is 0 Å². The summed E-state index contributed by atoms with van der Waals surface area (Å²) in [6.45, 7) is -0.371. The van der Waals surface area contributed by atoms with Gasteiger partial charge >= 0.3 is 12.1 Å². The first kappa shape index (κ1) is 33.8. The summed E-state index contributed by atoms with van der Waals surface area (Å²) in [6.07, 6.45) is -2.01. The third-order valence-electron chi connectivity index (χ3n) is 9.03. The van der Waals surface area contributed by atoms with Crippen LogP contribution < -0.4 is 10.1 Å². The van der Waals surface area contributed by atoms with Gasteiger partial charge in [0.2, 0.25) is 0 Å². The number of halogens is 4. The van der Waals surface area contributed by atoms with Gasteiger partial charge in [-0.05, 0) is 85.9 Å². The van der Waals surface area contributed by atoms with E-state index in [0.717, 1.165) is 48.4 Å². The summed E-state index contributed by atoms with van der Waals surface area (Å²) in [6, 6.07) is 8.57. The van der Waals surface area contributed by atoms with Gasteiger partial charge in [-0.3, -0.25) is 4.79 Å². The Hall–Kier alpha value is -3.06. The summed E-state index contributed by atoms with van der Waals surface area (Å²) < 4.78 is 58.7. The lowest BCUT2D eigenvalue weighted by molar-refractivity contribution is -0.262. The molecule has 2 aliphatic rings. The molecule has 1 aliphatic heterocycles. The van der Waals surface area contributed by atoms with E-state index >= 15 is 0 Å². The fraction of sp³-hybridized carbons (Fsp3) is 0.548. The molecule has 2 aromatic rings. The van der Waals surface area contributed by atoms with Crippen LogP contribution in [0.5, 0.6) is 5.75 Å². The number of esters is 1. The van der Waals surface area contributed by atoms with Gasteiger partial charge in [0.15, 0.2) is 0 Å². The number of hydrogen-bond donors (Lipinski definition) is 3. The van der Waals surface area contributed by atoms with Gasteiger partial charge in [0.25, 0.3) is 11.5 Å². The second-order valence-electron chi connectivity index (χ2n) is 11.5. The van der Waals surface area contributed by atoms with Crippen LogP contribution in [0.25, 0.3) is 0 Å². The van der Waals surface area contributed by atoms with E-state index in [0.29, 0.717) is 12.8 Å². The number of amides is 1. The Kier molecular flexibility index (Phi) is 10.4. The molecule has 1 spiro atoms. The molecular formula is C31H38ClF3N2O7. The minimum Gasteiger partial charge on any atom is -0.497 e. The topological polar surface area (TPSA) is 118 Å². The van der Waals surface area contributed by atoms with Crippen LogP contribution in [0.1, 0.15) is 66.1 Å². The fourth-order valence-electron chi connectivity index (χ4n) is 6.26. The second-order valence-corrected chi connectivity index (χ2v) is 11.9. The Labute approximate surface area is 259 Å². The number of anilines is 1. The van der Waals surface area contributed by atoms with Crippen LogP contribution in [0.3, 0.4) is 0 Å². The zero-order chi connectivity index (χ0) is 32.3. The van der Waals surface area contributed by atoms with E-state index in [1.165, 1.54) is 27.4 Å². The van der Waals surface area contributed by atoms with Gasteiger partial charge in [0.1, 0.15) is 11.9 Å². The second kappa shape index (κ2) is 13.5. The molecule has 9 nitrogen and oxygen atoms in total.